The molecule has 9 heteroatoms. The second-order valence-corrected chi connectivity index (χ2v) is 8.24. The van der Waals surface area contributed by atoms with Crippen LogP contribution in [0.25, 0.3) is 11.0 Å². The van der Waals surface area contributed by atoms with Crippen molar-refractivity contribution in [1.82, 2.24) is 29.3 Å². The Hall–Kier alpha value is -3.33. The molecule has 1 unspecified atom stereocenters. The lowest BCUT2D eigenvalue weighted by Crippen LogP contribution is -2.41. The van der Waals surface area contributed by atoms with Crippen LogP contribution in [0, 0.1) is 6.92 Å². The number of para-hydroxylation sites is 2. The average Bonchev–Trinajstić information content (AvgIpc) is 3.47. The number of carbonyl (C=O) groups is 2. The molecule has 0 saturated carbocycles. The van der Waals surface area contributed by atoms with Crippen molar-refractivity contribution in [2.75, 3.05) is 32.8 Å². The largest absolute Gasteiger partial charge is 0.378 e. The summed E-state index contributed by atoms with van der Waals surface area (Å²) in [6.07, 6.45) is 5.03. The van der Waals surface area contributed by atoms with Crippen LogP contribution in [0.3, 0.4) is 0 Å². The maximum absolute atomic E-state index is 13.2. The van der Waals surface area contributed by atoms with Gasteiger partial charge in [-0.05, 0) is 31.9 Å². The molecular weight excluding hydrogens is 408 g/mol. The number of aryl methyl sites for hydroxylation is 1. The van der Waals surface area contributed by atoms with Crippen LogP contribution in [0.2, 0.25) is 0 Å². The molecule has 0 spiro atoms. The van der Waals surface area contributed by atoms with Crippen LogP contribution in [0.1, 0.15) is 40.8 Å². The Morgan fingerprint density at radius 2 is 1.94 bits per heavy atom. The monoisotopic (exact) mass is 434 g/mol. The number of ether oxygens (including phenoxy) is 1. The molecule has 5 rings (SSSR count). The summed E-state index contributed by atoms with van der Waals surface area (Å²) in [7, 11) is 0. The summed E-state index contributed by atoms with van der Waals surface area (Å²) in [6, 6.07) is 7.60. The molecular formula is C23H26N6O3. The van der Waals surface area contributed by atoms with Crippen LogP contribution in [-0.4, -0.2) is 74.0 Å². The van der Waals surface area contributed by atoms with Gasteiger partial charge in [0.2, 0.25) is 5.91 Å². The summed E-state index contributed by atoms with van der Waals surface area (Å²) in [5, 5.41) is 0. The van der Waals surface area contributed by atoms with Gasteiger partial charge in [0.05, 0.1) is 47.9 Å². The molecule has 0 radical (unpaired) electrons. The number of carbonyl (C=O) groups excluding carboxylic acids is 2. The first-order valence-corrected chi connectivity index (χ1v) is 11.0. The van der Waals surface area contributed by atoms with E-state index in [1.54, 1.807) is 17.4 Å². The van der Waals surface area contributed by atoms with E-state index < -0.39 is 0 Å². The van der Waals surface area contributed by atoms with Crippen molar-refractivity contribution in [3.8, 4) is 0 Å². The SMILES string of the molecule is Cc1nc(C2CCCN2C(=O)Cn2cnc3ccccc32)ncc1C(=O)N1CCOCC1. The lowest BCUT2D eigenvalue weighted by Gasteiger charge is -2.27. The smallest absolute Gasteiger partial charge is 0.257 e. The van der Waals surface area contributed by atoms with Crippen molar-refractivity contribution in [3.05, 3.63) is 53.9 Å². The number of fused-ring (bicyclic) bond motifs is 1. The Balaban J connectivity index is 1.33. The Morgan fingerprint density at radius 1 is 1.12 bits per heavy atom. The highest BCUT2D eigenvalue weighted by Crippen LogP contribution is 2.30. The molecule has 0 aliphatic carbocycles. The molecule has 9 nitrogen and oxygen atoms in total. The molecule has 166 valence electrons. The fraction of sp³-hybridized carbons (Fsp3) is 0.435. The Kier molecular flexibility index (Phi) is 5.57. The number of rotatable bonds is 4. The first-order valence-electron chi connectivity index (χ1n) is 11.0. The summed E-state index contributed by atoms with van der Waals surface area (Å²) in [5.41, 5.74) is 2.97. The van der Waals surface area contributed by atoms with Crippen molar-refractivity contribution in [2.45, 2.75) is 32.4 Å². The van der Waals surface area contributed by atoms with E-state index in [-0.39, 0.29) is 24.4 Å². The van der Waals surface area contributed by atoms with Crippen molar-refractivity contribution >= 4 is 22.8 Å². The maximum Gasteiger partial charge on any atom is 0.257 e. The zero-order valence-electron chi connectivity index (χ0n) is 18.1. The minimum Gasteiger partial charge on any atom is -0.378 e. The first kappa shape index (κ1) is 20.6. The van der Waals surface area contributed by atoms with Gasteiger partial charge in [-0.1, -0.05) is 12.1 Å². The summed E-state index contributed by atoms with van der Waals surface area (Å²) < 4.78 is 7.21. The number of hydrogen-bond acceptors (Lipinski definition) is 6. The van der Waals surface area contributed by atoms with Gasteiger partial charge >= 0.3 is 0 Å². The van der Waals surface area contributed by atoms with E-state index in [0.29, 0.717) is 49.9 Å². The number of benzene rings is 1. The van der Waals surface area contributed by atoms with E-state index in [1.807, 2.05) is 40.7 Å². The lowest BCUT2D eigenvalue weighted by atomic mass is 10.1. The summed E-state index contributed by atoms with van der Waals surface area (Å²) in [4.78, 5) is 43.1. The zero-order valence-corrected chi connectivity index (χ0v) is 18.1. The summed E-state index contributed by atoms with van der Waals surface area (Å²) in [6.45, 7) is 4.99. The minimum absolute atomic E-state index is 0.0189. The number of morpholine rings is 1. The maximum atomic E-state index is 13.2. The van der Waals surface area contributed by atoms with Crippen molar-refractivity contribution in [2.24, 2.45) is 0 Å². The van der Waals surface area contributed by atoms with E-state index in [1.165, 1.54) is 0 Å². The van der Waals surface area contributed by atoms with E-state index >= 15 is 0 Å². The quantitative estimate of drug-likeness (QED) is 0.623. The van der Waals surface area contributed by atoms with E-state index in [0.717, 1.165) is 23.9 Å². The Labute approximate surface area is 186 Å². The topological polar surface area (TPSA) is 93.5 Å². The van der Waals surface area contributed by atoms with Gasteiger partial charge in [-0.2, -0.15) is 0 Å². The Bertz CT molecular complexity index is 1150. The van der Waals surface area contributed by atoms with Gasteiger partial charge in [-0.3, -0.25) is 9.59 Å². The van der Waals surface area contributed by atoms with Gasteiger partial charge in [0.15, 0.2) is 5.82 Å². The summed E-state index contributed by atoms with van der Waals surface area (Å²) in [5.74, 6) is 0.552. The van der Waals surface area contributed by atoms with Crippen LogP contribution in [0.5, 0.6) is 0 Å². The van der Waals surface area contributed by atoms with Gasteiger partial charge in [0.25, 0.3) is 5.91 Å². The van der Waals surface area contributed by atoms with Crippen molar-refractivity contribution in [1.29, 1.82) is 0 Å². The van der Waals surface area contributed by atoms with Gasteiger partial charge in [-0.15, -0.1) is 0 Å². The third-order valence-corrected chi connectivity index (χ3v) is 6.23. The van der Waals surface area contributed by atoms with E-state index in [9.17, 15) is 9.59 Å². The van der Waals surface area contributed by atoms with Crippen LogP contribution >= 0.6 is 0 Å². The normalized spacial score (nSPS) is 19.0. The molecule has 0 bridgehead atoms. The van der Waals surface area contributed by atoms with Crippen molar-refractivity contribution < 1.29 is 14.3 Å². The molecule has 2 amide bonds. The predicted octanol–water partition coefficient (Wildman–Crippen LogP) is 1.97. The lowest BCUT2D eigenvalue weighted by molar-refractivity contribution is -0.132. The Morgan fingerprint density at radius 3 is 2.75 bits per heavy atom. The standard InChI is InChI=1S/C23H26N6O3/c1-16-17(23(31)27-9-11-32-12-10-27)13-24-22(26-16)20-7-4-8-29(20)21(30)14-28-15-25-18-5-2-3-6-19(18)28/h2-3,5-6,13,15,20H,4,7-12,14H2,1H3. The second-order valence-electron chi connectivity index (χ2n) is 8.24. The first-order chi connectivity index (χ1) is 15.6. The van der Waals surface area contributed by atoms with Crippen LogP contribution in [0.15, 0.2) is 36.8 Å². The molecule has 4 heterocycles. The summed E-state index contributed by atoms with van der Waals surface area (Å²) >= 11 is 0. The average molecular weight is 435 g/mol. The molecule has 1 atom stereocenters. The number of amides is 2. The van der Waals surface area contributed by atoms with Gasteiger partial charge in [-0.25, -0.2) is 15.0 Å². The number of imidazole rings is 1. The second kappa shape index (κ2) is 8.66. The highest BCUT2D eigenvalue weighted by molar-refractivity contribution is 5.95. The van der Waals surface area contributed by atoms with Gasteiger partial charge in [0.1, 0.15) is 6.54 Å². The van der Waals surface area contributed by atoms with Crippen LogP contribution in [-0.2, 0) is 16.1 Å². The number of nitrogens with zero attached hydrogens (tertiary/aromatic N) is 6. The molecule has 2 fully saturated rings. The third kappa shape index (κ3) is 3.84. The van der Waals surface area contributed by atoms with E-state index in [4.69, 9.17) is 4.74 Å². The minimum atomic E-state index is -0.177. The highest BCUT2D eigenvalue weighted by atomic mass is 16.5. The molecule has 2 aromatic heterocycles. The number of hydrogen-bond donors (Lipinski definition) is 0. The van der Waals surface area contributed by atoms with Crippen LogP contribution in [0.4, 0.5) is 0 Å². The third-order valence-electron chi connectivity index (χ3n) is 6.23. The number of aromatic nitrogens is 4. The molecule has 2 aliphatic rings. The van der Waals surface area contributed by atoms with Gasteiger partial charge < -0.3 is 19.1 Å². The fourth-order valence-corrected chi connectivity index (χ4v) is 4.50. The molecule has 3 aromatic rings. The van der Waals surface area contributed by atoms with Crippen LogP contribution < -0.4 is 0 Å². The number of likely N-dealkylation sites (tertiary alicyclic amines) is 1. The molecule has 2 saturated heterocycles. The fourth-order valence-electron chi connectivity index (χ4n) is 4.50. The van der Waals surface area contributed by atoms with Gasteiger partial charge in [0, 0.05) is 25.8 Å². The zero-order chi connectivity index (χ0) is 22.1. The van der Waals surface area contributed by atoms with E-state index in [2.05, 4.69) is 15.0 Å². The molecule has 1 aromatic carbocycles. The van der Waals surface area contributed by atoms with Crippen molar-refractivity contribution in [3.63, 3.8) is 0 Å². The molecule has 0 N–H and O–H groups in total. The highest BCUT2D eigenvalue weighted by Gasteiger charge is 2.33. The molecule has 2 aliphatic heterocycles. The molecule has 32 heavy (non-hydrogen) atoms. The predicted molar refractivity (Wildman–Crippen MR) is 117 cm³/mol.